The van der Waals surface area contributed by atoms with Gasteiger partial charge in [-0.1, -0.05) is 17.7 Å². The van der Waals surface area contributed by atoms with Crippen molar-refractivity contribution in [3.63, 3.8) is 0 Å². The largest absolute Gasteiger partial charge is 0.383 e. The summed E-state index contributed by atoms with van der Waals surface area (Å²) in [6.07, 6.45) is 0.277. The van der Waals surface area contributed by atoms with Gasteiger partial charge in [0, 0.05) is 26.1 Å². The van der Waals surface area contributed by atoms with Gasteiger partial charge in [0.1, 0.15) is 0 Å². The van der Waals surface area contributed by atoms with Crippen molar-refractivity contribution in [3.05, 3.63) is 28.8 Å². The molecule has 0 aromatic heterocycles. The number of rotatable bonds is 8. The Labute approximate surface area is 172 Å². The van der Waals surface area contributed by atoms with E-state index in [1.54, 1.807) is 13.2 Å². The lowest BCUT2D eigenvalue weighted by Crippen LogP contribution is -2.44. The topological polar surface area (TPSA) is 74.8 Å². The van der Waals surface area contributed by atoms with Crippen molar-refractivity contribution in [1.82, 2.24) is 10.6 Å². The molecule has 0 saturated carbocycles. The van der Waals surface area contributed by atoms with Gasteiger partial charge in [0.15, 0.2) is 5.96 Å². The van der Waals surface area contributed by atoms with E-state index in [-0.39, 0.29) is 42.3 Å². The van der Waals surface area contributed by atoms with Crippen LogP contribution in [0.3, 0.4) is 0 Å². The van der Waals surface area contributed by atoms with Crippen molar-refractivity contribution in [1.29, 1.82) is 0 Å². The molecule has 25 heavy (non-hydrogen) atoms. The van der Waals surface area contributed by atoms with E-state index in [2.05, 4.69) is 20.9 Å². The molecule has 3 N–H and O–H groups in total. The summed E-state index contributed by atoms with van der Waals surface area (Å²) in [6, 6.07) is 5.66. The number of anilines is 1. The molecule has 0 aliphatic heterocycles. The van der Waals surface area contributed by atoms with Crippen LogP contribution < -0.4 is 16.0 Å². The summed E-state index contributed by atoms with van der Waals surface area (Å²) in [6.45, 7) is 7.65. The number of methoxy groups -OCH3 is 1. The fourth-order valence-corrected chi connectivity index (χ4v) is 2.33. The van der Waals surface area contributed by atoms with Crippen LogP contribution >= 0.6 is 35.6 Å². The summed E-state index contributed by atoms with van der Waals surface area (Å²) in [7, 11) is 1.66. The molecule has 6 nitrogen and oxygen atoms in total. The fraction of sp³-hybridized carbons (Fsp3) is 0.529. The molecule has 0 spiro atoms. The number of hydrogen-bond donors (Lipinski definition) is 3. The summed E-state index contributed by atoms with van der Waals surface area (Å²) < 4.78 is 5.09. The van der Waals surface area contributed by atoms with Crippen molar-refractivity contribution >= 4 is 53.1 Å². The van der Waals surface area contributed by atoms with E-state index in [9.17, 15) is 4.79 Å². The van der Waals surface area contributed by atoms with Crippen LogP contribution in [0, 0.1) is 6.92 Å². The van der Waals surface area contributed by atoms with Crippen LogP contribution in [0.1, 0.15) is 25.8 Å². The first-order chi connectivity index (χ1) is 11.5. The maximum absolute atomic E-state index is 12.0. The Morgan fingerprint density at radius 2 is 2.12 bits per heavy atom. The van der Waals surface area contributed by atoms with Crippen LogP contribution in [0.5, 0.6) is 0 Å². The highest BCUT2D eigenvalue weighted by Crippen LogP contribution is 2.22. The van der Waals surface area contributed by atoms with Gasteiger partial charge in [-0.05, 0) is 38.5 Å². The van der Waals surface area contributed by atoms with E-state index >= 15 is 0 Å². The van der Waals surface area contributed by atoms with Crippen LogP contribution in [0.15, 0.2) is 23.2 Å². The molecular weight excluding hydrogens is 455 g/mol. The number of carbonyl (C=O) groups is 1. The average Bonchev–Trinajstić information content (AvgIpc) is 2.50. The minimum Gasteiger partial charge on any atom is -0.383 e. The second-order valence-corrected chi connectivity index (χ2v) is 5.95. The first-order valence-electron chi connectivity index (χ1n) is 8.06. The third kappa shape index (κ3) is 9.86. The standard InChI is InChI=1S/C17H27ClN4O2.HI/c1-5-19-17(21-13(3)11-24-4)20-9-8-16(23)22-15-7-6-12(2)10-14(15)18;/h6-7,10,13H,5,8-9,11H2,1-4H3,(H,22,23)(H2,19,20,21);1H. The lowest BCUT2D eigenvalue weighted by molar-refractivity contribution is -0.116. The highest BCUT2D eigenvalue weighted by atomic mass is 127. The molecule has 1 unspecified atom stereocenters. The SMILES string of the molecule is CCNC(=NCCC(=O)Nc1ccc(C)cc1Cl)NC(C)COC.I. The molecule has 0 aliphatic carbocycles. The maximum atomic E-state index is 12.0. The summed E-state index contributed by atoms with van der Waals surface area (Å²) in [4.78, 5) is 16.4. The molecule has 1 rings (SSSR count). The van der Waals surface area contributed by atoms with Crippen LogP contribution in [0.25, 0.3) is 0 Å². The number of halogens is 2. The monoisotopic (exact) mass is 482 g/mol. The van der Waals surface area contributed by atoms with Crippen LogP contribution in [-0.4, -0.2) is 44.7 Å². The second kappa shape index (κ2) is 13.2. The molecule has 1 aromatic carbocycles. The lowest BCUT2D eigenvalue weighted by atomic mass is 10.2. The lowest BCUT2D eigenvalue weighted by Gasteiger charge is -2.16. The Bertz CT molecular complexity index is 570. The van der Waals surface area contributed by atoms with E-state index in [0.29, 0.717) is 29.8 Å². The molecule has 0 heterocycles. The van der Waals surface area contributed by atoms with E-state index in [1.807, 2.05) is 32.9 Å². The molecule has 0 bridgehead atoms. The number of guanidine groups is 1. The summed E-state index contributed by atoms with van der Waals surface area (Å²) >= 11 is 6.11. The minimum absolute atomic E-state index is 0. The van der Waals surface area contributed by atoms with Gasteiger partial charge in [-0.25, -0.2) is 0 Å². The number of nitrogens with one attached hydrogen (secondary N) is 3. The average molecular weight is 483 g/mol. The maximum Gasteiger partial charge on any atom is 0.226 e. The molecule has 1 amide bonds. The van der Waals surface area contributed by atoms with Crippen molar-refractivity contribution < 1.29 is 9.53 Å². The fourth-order valence-electron chi connectivity index (χ4n) is 2.05. The van der Waals surface area contributed by atoms with E-state index in [1.165, 1.54) is 0 Å². The highest BCUT2D eigenvalue weighted by molar-refractivity contribution is 14.0. The van der Waals surface area contributed by atoms with Crippen LogP contribution in [0.4, 0.5) is 5.69 Å². The van der Waals surface area contributed by atoms with E-state index < -0.39 is 0 Å². The number of benzene rings is 1. The number of hydrogen-bond acceptors (Lipinski definition) is 3. The number of nitrogens with zero attached hydrogens (tertiary/aromatic N) is 1. The Balaban J connectivity index is 0.00000576. The van der Waals surface area contributed by atoms with Gasteiger partial charge in [0.25, 0.3) is 0 Å². The Hall–Kier alpha value is -1.06. The highest BCUT2D eigenvalue weighted by Gasteiger charge is 2.07. The zero-order valence-electron chi connectivity index (χ0n) is 15.2. The number of ether oxygens (including phenoxy) is 1. The Morgan fingerprint density at radius 1 is 1.40 bits per heavy atom. The van der Waals surface area contributed by atoms with E-state index in [0.717, 1.165) is 12.1 Å². The van der Waals surface area contributed by atoms with Gasteiger partial charge in [-0.2, -0.15) is 0 Å². The van der Waals surface area contributed by atoms with Crippen molar-refractivity contribution in [2.24, 2.45) is 4.99 Å². The van der Waals surface area contributed by atoms with Crippen molar-refractivity contribution in [3.8, 4) is 0 Å². The minimum atomic E-state index is -0.120. The molecule has 0 fully saturated rings. The van der Waals surface area contributed by atoms with Gasteiger partial charge in [-0.3, -0.25) is 9.79 Å². The normalized spacial score (nSPS) is 12.1. The molecule has 142 valence electrons. The third-order valence-corrected chi connectivity index (χ3v) is 3.46. The van der Waals surface area contributed by atoms with Crippen LogP contribution in [-0.2, 0) is 9.53 Å². The Kier molecular flexibility index (Phi) is 12.6. The predicted octanol–water partition coefficient (Wildman–Crippen LogP) is 3.19. The third-order valence-electron chi connectivity index (χ3n) is 3.15. The summed E-state index contributed by atoms with van der Waals surface area (Å²) in [5, 5.41) is 9.70. The zero-order valence-corrected chi connectivity index (χ0v) is 18.3. The summed E-state index contributed by atoms with van der Waals surface area (Å²) in [5.74, 6) is 0.550. The van der Waals surface area contributed by atoms with Gasteiger partial charge in [0.2, 0.25) is 5.91 Å². The van der Waals surface area contributed by atoms with E-state index in [4.69, 9.17) is 16.3 Å². The molecule has 0 aliphatic rings. The number of aryl methyl sites for hydroxylation is 1. The second-order valence-electron chi connectivity index (χ2n) is 5.54. The number of carbonyl (C=O) groups excluding carboxylic acids is 1. The molecule has 8 heteroatoms. The number of amides is 1. The molecule has 0 radical (unpaired) electrons. The van der Waals surface area contributed by atoms with Gasteiger partial charge < -0.3 is 20.7 Å². The zero-order chi connectivity index (χ0) is 17.9. The molecule has 1 atom stereocenters. The molecule has 1 aromatic rings. The van der Waals surface area contributed by atoms with Gasteiger partial charge in [0.05, 0.1) is 23.9 Å². The summed E-state index contributed by atoms with van der Waals surface area (Å²) in [5.41, 5.74) is 1.67. The van der Waals surface area contributed by atoms with Crippen molar-refractivity contribution in [2.45, 2.75) is 33.2 Å². The number of aliphatic imine (C=N–C) groups is 1. The predicted molar refractivity (Wildman–Crippen MR) is 115 cm³/mol. The van der Waals surface area contributed by atoms with Gasteiger partial charge >= 0.3 is 0 Å². The first kappa shape index (κ1) is 23.9. The van der Waals surface area contributed by atoms with Crippen molar-refractivity contribution in [2.75, 3.05) is 32.1 Å². The van der Waals surface area contributed by atoms with Gasteiger partial charge in [-0.15, -0.1) is 24.0 Å². The first-order valence-corrected chi connectivity index (χ1v) is 8.43. The van der Waals surface area contributed by atoms with Crippen LogP contribution in [0.2, 0.25) is 5.02 Å². The Morgan fingerprint density at radius 3 is 2.72 bits per heavy atom. The molecule has 0 saturated heterocycles. The molecular formula is C17H28ClIN4O2. The quantitative estimate of drug-likeness (QED) is 0.302. The smallest absolute Gasteiger partial charge is 0.226 e.